The Balaban J connectivity index is 0.000000613. The summed E-state index contributed by atoms with van der Waals surface area (Å²) in [6.45, 7) is 3.62. The third-order valence-electron chi connectivity index (χ3n) is 4.26. The zero-order valence-electron chi connectivity index (χ0n) is 14.7. The average molecular weight is 359 g/mol. The predicted octanol–water partition coefficient (Wildman–Crippen LogP) is 1.56. The number of benzene rings is 1. The van der Waals surface area contributed by atoms with Gasteiger partial charge in [-0.2, -0.15) is 0 Å². The number of anilines is 1. The van der Waals surface area contributed by atoms with Crippen molar-refractivity contribution >= 4 is 34.9 Å². The van der Waals surface area contributed by atoms with Crippen molar-refractivity contribution in [3.8, 4) is 0 Å². The highest BCUT2D eigenvalue weighted by Crippen LogP contribution is 2.29. The molecule has 3 heterocycles. The summed E-state index contributed by atoms with van der Waals surface area (Å²) in [5, 5.41) is 3.93. The van der Waals surface area contributed by atoms with Gasteiger partial charge in [0.05, 0.1) is 13.1 Å². The maximum atomic E-state index is 12.0. The Morgan fingerprint density at radius 2 is 2.08 bits per heavy atom. The van der Waals surface area contributed by atoms with Crippen molar-refractivity contribution < 1.29 is 23.9 Å². The third kappa shape index (κ3) is 3.28. The van der Waals surface area contributed by atoms with E-state index in [-0.39, 0.29) is 18.2 Å². The van der Waals surface area contributed by atoms with Gasteiger partial charge < -0.3 is 24.2 Å². The van der Waals surface area contributed by atoms with Gasteiger partial charge in [-0.3, -0.25) is 4.90 Å². The maximum absolute atomic E-state index is 12.0. The van der Waals surface area contributed by atoms with Crippen molar-refractivity contribution in [1.29, 1.82) is 0 Å². The Kier molecular flexibility index (Phi) is 5.22. The van der Waals surface area contributed by atoms with Crippen LogP contribution in [0.1, 0.15) is 17.4 Å². The lowest BCUT2D eigenvalue weighted by atomic mass is 10.2. The van der Waals surface area contributed by atoms with Crippen LogP contribution in [0.5, 0.6) is 0 Å². The average Bonchev–Trinajstić information content (AvgIpc) is 3.17. The summed E-state index contributed by atoms with van der Waals surface area (Å²) >= 11 is 0. The van der Waals surface area contributed by atoms with E-state index in [1.807, 2.05) is 35.9 Å². The van der Waals surface area contributed by atoms with Crippen LogP contribution in [0.2, 0.25) is 0 Å². The molecule has 1 N–H and O–H groups in total. The highest BCUT2D eigenvalue weighted by Gasteiger charge is 2.32. The number of cyclic esters (lactones) is 2. The summed E-state index contributed by atoms with van der Waals surface area (Å²) in [6, 6.07) is 7.55. The van der Waals surface area contributed by atoms with Crippen LogP contribution < -0.4 is 10.2 Å². The van der Waals surface area contributed by atoms with Crippen molar-refractivity contribution in [2.24, 2.45) is 0 Å². The Morgan fingerprint density at radius 1 is 1.31 bits per heavy atom. The second-order valence-corrected chi connectivity index (χ2v) is 5.97. The molecule has 4 rings (SSSR count). The number of esters is 1. The second-order valence-electron chi connectivity index (χ2n) is 5.97. The molecular formula is C18H21N3O5. The molecule has 2 aliphatic rings. The van der Waals surface area contributed by atoms with Crippen molar-refractivity contribution in [2.75, 3.05) is 31.6 Å². The fourth-order valence-electron chi connectivity index (χ4n) is 3.21. The van der Waals surface area contributed by atoms with E-state index in [1.54, 1.807) is 4.90 Å². The summed E-state index contributed by atoms with van der Waals surface area (Å²) in [6.07, 6.45) is 0.258. The van der Waals surface area contributed by atoms with E-state index in [0.29, 0.717) is 31.9 Å². The first kappa shape index (κ1) is 17.9. The standard InChI is InChI=1S/C16H17N3O4.C2H4O/c1-17-8-12-9-19(16(21)23-12)11-2-3-13-10(6-11)7-14-15(20)22-5-4-18(13)14;1-2-3/h2-3,6-7,12,17H,4-5,8-9H2,1H3;2H,1H3. The summed E-state index contributed by atoms with van der Waals surface area (Å²) in [4.78, 5) is 34.3. The molecule has 2 aliphatic heterocycles. The number of aromatic nitrogens is 1. The minimum absolute atomic E-state index is 0.152. The zero-order chi connectivity index (χ0) is 18.7. The van der Waals surface area contributed by atoms with Gasteiger partial charge in [0, 0.05) is 23.1 Å². The fourth-order valence-corrected chi connectivity index (χ4v) is 3.21. The number of rotatable bonds is 3. The van der Waals surface area contributed by atoms with Crippen molar-refractivity contribution in [3.05, 3.63) is 30.0 Å². The normalized spacial score (nSPS) is 18.7. The molecule has 1 unspecified atom stereocenters. The van der Waals surface area contributed by atoms with Gasteiger partial charge in [0.1, 0.15) is 24.7 Å². The number of ether oxygens (including phenoxy) is 2. The maximum Gasteiger partial charge on any atom is 0.414 e. The number of carbonyl (C=O) groups excluding carboxylic acids is 3. The molecule has 0 saturated carbocycles. The second kappa shape index (κ2) is 7.57. The first-order chi connectivity index (χ1) is 12.6. The topological polar surface area (TPSA) is 89.9 Å². The number of likely N-dealkylation sites (N-methyl/N-ethyl adjacent to an activating group) is 1. The number of carbonyl (C=O) groups is 3. The van der Waals surface area contributed by atoms with Crippen molar-refractivity contribution in [2.45, 2.75) is 19.6 Å². The van der Waals surface area contributed by atoms with Gasteiger partial charge in [-0.25, -0.2) is 9.59 Å². The lowest BCUT2D eigenvalue weighted by Gasteiger charge is -2.16. The fraction of sp³-hybridized carbons (Fsp3) is 0.389. The molecular weight excluding hydrogens is 338 g/mol. The van der Waals surface area contributed by atoms with Crippen LogP contribution in [-0.4, -0.2) is 55.8 Å². The summed E-state index contributed by atoms with van der Waals surface area (Å²) in [5.74, 6) is -0.302. The van der Waals surface area contributed by atoms with Gasteiger partial charge in [0.25, 0.3) is 0 Å². The van der Waals surface area contributed by atoms with Gasteiger partial charge in [0.2, 0.25) is 0 Å². The highest BCUT2D eigenvalue weighted by molar-refractivity contribution is 5.99. The zero-order valence-corrected chi connectivity index (χ0v) is 14.7. The number of aldehydes is 1. The van der Waals surface area contributed by atoms with Gasteiger partial charge in [-0.15, -0.1) is 0 Å². The van der Waals surface area contributed by atoms with Gasteiger partial charge in [-0.05, 0) is 38.2 Å². The molecule has 0 bridgehead atoms. The molecule has 1 amide bonds. The molecule has 0 spiro atoms. The lowest BCUT2D eigenvalue weighted by molar-refractivity contribution is -0.106. The Labute approximate surface area is 150 Å². The van der Waals surface area contributed by atoms with Gasteiger partial charge in [0.15, 0.2) is 0 Å². The molecule has 1 aromatic carbocycles. The van der Waals surface area contributed by atoms with Gasteiger partial charge in [-0.1, -0.05) is 0 Å². The van der Waals surface area contributed by atoms with E-state index >= 15 is 0 Å². The molecule has 1 saturated heterocycles. The van der Waals surface area contributed by atoms with E-state index in [9.17, 15) is 9.59 Å². The molecule has 8 heteroatoms. The Hall–Kier alpha value is -2.87. The number of hydrogen-bond acceptors (Lipinski definition) is 6. The number of fused-ring (bicyclic) bond motifs is 3. The summed E-state index contributed by atoms with van der Waals surface area (Å²) in [5.41, 5.74) is 2.30. The molecule has 1 fully saturated rings. The monoisotopic (exact) mass is 359 g/mol. The minimum atomic E-state index is -0.340. The van der Waals surface area contributed by atoms with Crippen LogP contribution in [0, 0.1) is 0 Å². The Bertz CT molecular complexity index is 845. The van der Waals surface area contributed by atoms with E-state index < -0.39 is 0 Å². The third-order valence-corrected chi connectivity index (χ3v) is 4.26. The molecule has 8 nitrogen and oxygen atoms in total. The van der Waals surface area contributed by atoms with Crippen LogP contribution >= 0.6 is 0 Å². The van der Waals surface area contributed by atoms with E-state index in [2.05, 4.69) is 5.32 Å². The van der Waals surface area contributed by atoms with E-state index in [1.165, 1.54) is 6.92 Å². The first-order valence-electron chi connectivity index (χ1n) is 8.42. The number of nitrogens with one attached hydrogen (secondary N) is 1. The molecule has 138 valence electrons. The molecule has 0 radical (unpaired) electrons. The van der Waals surface area contributed by atoms with Gasteiger partial charge >= 0.3 is 12.1 Å². The van der Waals surface area contributed by atoms with Crippen LogP contribution in [0.25, 0.3) is 10.9 Å². The van der Waals surface area contributed by atoms with Crippen LogP contribution in [0.4, 0.5) is 10.5 Å². The molecule has 26 heavy (non-hydrogen) atoms. The van der Waals surface area contributed by atoms with E-state index in [0.717, 1.165) is 22.9 Å². The molecule has 0 aliphatic carbocycles. The van der Waals surface area contributed by atoms with Crippen molar-refractivity contribution in [1.82, 2.24) is 9.88 Å². The molecule has 1 atom stereocenters. The van der Waals surface area contributed by atoms with Crippen molar-refractivity contribution in [3.63, 3.8) is 0 Å². The lowest BCUT2D eigenvalue weighted by Crippen LogP contribution is -2.29. The first-order valence-corrected chi connectivity index (χ1v) is 8.42. The number of nitrogens with zero attached hydrogens (tertiary/aromatic N) is 2. The predicted molar refractivity (Wildman–Crippen MR) is 95.5 cm³/mol. The van der Waals surface area contributed by atoms with Crippen LogP contribution in [0.15, 0.2) is 24.3 Å². The highest BCUT2D eigenvalue weighted by atomic mass is 16.6. The summed E-state index contributed by atoms with van der Waals surface area (Å²) < 4.78 is 12.4. The minimum Gasteiger partial charge on any atom is -0.459 e. The van der Waals surface area contributed by atoms with Crippen LogP contribution in [-0.2, 0) is 20.8 Å². The molecule has 2 aromatic rings. The SMILES string of the molecule is CC=O.CNCC1CN(c2ccc3c(c2)cc2n3CCOC2=O)C(=O)O1. The smallest absolute Gasteiger partial charge is 0.414 e. The Morgan fingerprint density at radius 3 is 2.81 bits per heavy atom. The summed E-state index contributed by atoms with van der Waals surface area (Å²) in [7, 11) is 1.83. The number of amides is 1. The molecule has 1 aromatic heterocycles. The quantitative estimate of drug-likeness (QED) is 0.661. The largest absolute Gasteiger partial charge is 0.459 e. The van der Waals surface area contributed by atoms with E-state index in [4.69, 9.17) is 14.3 Å². The van der Waals surface area contributed by atoms with Crippen LogP contribution in [0.3, 0.4) is 0 Å². The number of hydrogen-bond donors (Lipinski definition) is 1.